The molecule has 0 unspecified atom stereocenters. The van der Waals surface area contributed by atoms with Crippen molar-refractivity contribution in [2.75, 3.05) is 13.1 Å². The monoisotopic (exact) mass is 259 g/mol. The second kappa shape index (κ2) is 4.84. The van der Waals surface area contributed by atoms with E-state index in [0.29, 0.717) is 16.8 Å². The first-order valence-corrected chi connectivity index (χ1v) is 6.35. The third kappa shape index (κ3) is 2.12. The zero-order chi connectivity index (χ0) is 13.2. The molecule has 0 spiro atoms. The first-order valence-electron chi connectivity index (χ1n) is 6.35. The number of carbonyl (C=O) groups excluding carboxylic acids is 1. The van der Waals surface area contributed by atoms with Gasteiger partial charge in [0.15, 0.2) is 0 Å². The fourth-order valence-corrected chi connectivity index (χ4v) is 2.41. The zero-order valence-corrected chi connectivity index (χ0v) is 10.4. The number of likely N-dealkylation sites (tertiary alicyclic amines) is 1. The van der Waals surface area contributed by atoms with Gasteiger partial charge in [-0.1, -0.05) is 12.1 Å². The molecule has 0 radical (unpaired) electrons. The van der Waals surface area contributed by atoms with Gasteiger partial charge in [-0.15, -0.1) is 0 Å². The van der Waals surface area contributed by atoms with Crippen LogP contribution >= 0.6 is 0 Å². The highest BCUT2D eigenvalue weighted by Gasteiger charge is 2.24. The van der Waals surface area contributed by atoms with Gasteiger partial charge < -0.3 is 4.90 Å². The van der Waals surface area contributed by atoms with Gasteiger partial charge in [-0.25, -0.2) is 4.39 Å². The van der Waals surface area contributed by atoms with Crippen LogP contribution in [0, 0.1) is 5.82 Å². The summed E-state index contributed by atoms with van der Waals surface area (Å²) in [5.74, 6) is -0.438. The number of nitrogens with one attached hydrogen (secondary N) is 1. The largest absolute Gasteiger partial charge is 0.339 e. The van der Waals surface area contributed by atoms with Crippen LogP contribution in [-0.2, 0) is 0 Å². The lowest BCUT2D eigenvalue weighted by atomic mass is 10.1. The highest BCUT2D eigenvalue weighted by atomic mass is 19.1. The van der Waals surface area contributed by atoms with Crippen molar-refractivity contribution in [3.05, 3.63) is 41.8 Å². The first kappa shape index (κ1) is 11.9. The Morgan fingerprint density at radius 2 is 2.00 bits per heavy atom. The fourth-order valence-electron chi connectivity index (χ4n) is 2.41. The Balaban J connectivity index is 1.99. The maximum absolute atomic E-state index is 13.8. The lowest BCUT2D eigenvalue weighted by Crippen LogP contribution is -2.27. The van der Waals surface area contributed by atoms with E-state index in [4.69, 9.17) is 0 Å². The second-order valence-electron chi connectivity index (χ2n) is 4.64. The summed E-state index contributed by atoms with van der Waals surface area (Å²) >= 11 is 0. The van der Waals surface area contributed by atoms with Crippen molar-refractivity contribution < 1.29 is 9.18 Å². The summed E-state index contributed by atoms with van der Waals surface area (Å²) < 4.78 is 13.8. The number of nitrogens with zero attached hydrogens (tertiary/aromatic N) is 2. The van der Waals surface area contributed by atoms with E-state index in [1.54, 1.807) is 23.1 Å². The van der Waals surface area contributed by atoms with Gasteiger partial charge in [0, 0.05) is 18.7 Å². The lowest BCUT2D eigenvalue weighted by molar-refractivity contribution is 0.0793. The Bertz CT molecular complexity index is 602. The number of amides is 1. The third-order valence-corrected chi connectivity index (χ3v) is 3.41. The molecule has 1 aromatic carbocycles. The minimum atomic E-state index is -0.359. The van der Waals surface area contributed by atoms with Gasteiger partial charge in [0.05, 0.1) is 17.5 Å². The summed E-state index contributed by atoms with van der Waals surface area (Å²) in [5.41, 5.74) is 1.27. The van der Waals surface area contributed by atoms with Crippen LogP contribution in [0.5, 0.6) is 0 Å². The summed E-state index contributed by atoms with van der Waals surface area (Å²) in [4.78, 5) is 14.1. The van der Waals surface area contributed by atoms with Gasteiger partial charge in [-0.3, -0.25) is 9.89 Å². The molecule has 2 heterocycles. The average molecular weight is 259 g/mol. The summed E-state index contributed by atoms with van der Waals surface area (Å²) in [6, 6.07) is 6.38. The van der Waals surface area contributed by atoms with Crippen molar-refractivity contribution in [3.8, 4) is 11.3 Å². The maximum atomic E-state index is 13.8. The Morgan fingerprint density at radius 1 is 1.26 bits per heavy atom. The molecule has 2 aromatic rings. The topological polar surface area (TPSA) is 49.0 Å². The molecule has 0 atom stereocenters. The Labute approximate surface area is 110 Å². The molecule has 1 saturated heterocycles. The molecule has 1 amide bonds. The fraction of sp³-hybridized carbons (Fsp3) is 0.286. The summed E-state index contributed by atoms with van der Waals surface area (Å²) in [6.07, 6.45) is 3.53. The van der Waals surface area contributed by atoms with Crippen LogP contribution in [0.2, 0.25) is 0 Å². The molecule has 4 nitrogen and oxygen atoms in total. The lowest BCUT2D eigenvalue weighted by Gasteiger charge is -2.15. The van der Waals surface area contributed by atoms with Gasteiger partial charge in [-0.05, 0) is 25.0 Å². The Hall–Kier alpha value is -2.17. The molecule has 0 aliphatic carbocycles. The van der Waals surface area contributed by atoms with E-state index in [0.717, 1.165) is 25.9 Å². The van der Waals surface area contributed by atoms with E-state index in [1.807, 2.05) is 0 Å². The Morgan fingerprint density at radius 3 is 2.74 bits per heavy atom. The molecule has 19 heavy (non-hydrogen) atoms. The average Bonchev–Trinajstić information content (AvgIpc) is 3.10. The van der Waals surface area contributed by atoms with E-state index >= 15 is 0 Å². The minimum absolute atomic E-state index is 0.0792. The van der Waals surface area contributed by atoms with Gasteiger partial charge >= 0.3 is 0 Å². The minimum Gasteiger partial charge on any atom is -0.339 e. The van der Waals surface area contributed by atoms with Crippen molar-refractivity contribution in [1.29, 1.82) is 0 Å². The predicted molar refractivity (Wildman–Crippen MR) is 69.1 cm³/mol. The van der Waals surface area contributed by atoms with Gasteiger partial charge in [0.25, 0.3) is 5.91 Å². The Kier molecular flexibility index (Phi) is 3.03. The highest BCUT2D eigenvalue weighted by Crippen LogP contribution is 2.25. The molecule has 98 valence electrons. The number of H-pyrrole nitrogens is 1. The van der Waals surface area contributed by atoms with E-state index in [9.17, 15) is 9.18 Å². The van der Waals surface area contributed by atoms with E-state index in [1.165, 1.54) is 12.3 Å². The number of halogens is 1. The van der Waals surface area contributed by atoms with E-state index in [-0.39, 0.29) is 11.7 Å². The van der Waals surface area contributed by atoms with Crippen molar-refractivity contribution in [2.45, 2.75) is 12.8 Å². The van der Waals surface area contributed by atoms with Crippen LogP contribution in [0.15, 0.2) is 30.5 Å². The summed E-state index contributed by atoms with van der Waals surface area (Å²) in [5, 5.41) is 6.62. The molecular weight excluding hydrogens is 245 g/mol. The standard InChI is InChI=1S/C14H14FN3O/c15-12-6-2-1-5-10(12)13-11(9-16-17-13)14(19)18-7-3-4-8-18/h1-2,5-6,9H,3-4,7-8H2,(H,16,17). The molecule has 1 aliphatic heterocycles. The number of hydrogen-bond donors (Lipinski definition) is 1. The van der Waals surface area contributed by atoms with Gasteiger partial charge in [-0.2, -0.15) is 5.10 Å². The molecule has 3 rings (SSSR count). The molecular formula is C14H14FN3O. The molecule has 1 N–H and O–H groups in total. The molecule has 1 aromatic heterocycles. The SMILES string of the molecule is O=C(c1cn[nH]c1-c1ccccc1F)N1CCCC1. The normalized spacial score (nSPS) is 14.9. The van der Waals surface area contributed by atoms with Crippen molar-refractivity contribution >= 4 is 5.91 Å². The zero-order valence-electron chi connectivity index (χ0n) is 10.4. The number of aromatic nitrogens is 2. The number of carbonyl (C=O) groups is 1. The maximum Gasteiger partial charge on any atom is 0.257 e. The second-order valence-corrected chi connectivity index (χ2v) is 4.64. The van der Waals surface area contributed by atoms with E-state index < -0.39 is 0 Å². The van der Waals surface area contributed by atoms with Crippen LogP contribution in [0.25, 0.3) is 11.3 Å². The molecule has 1 aliphatic rings. The molecule has 5 heteroatoms. The quantitative estimate of drug-likeness (QED) is 0.900. The van der Waals surface area contributed by atoms with Crippen LogP contribution < -0.4 is 0 Å². The van der Waals surface area contributed by atoms with Crippen LogP contribution in [0.3, 0.4) is 0 Å². The molecule has 0 saturated carbocycles. The number of aromatic amines is 1. The van der Waals surface area contributed by atoms with Crippen LogP contribution in [0.4, 0.5) is 4.39 Å². The van der Waals surface area contributed by atoms with Gasteiger partial charge in [0.2, 0.25) is 0 Å². The van der Waals surface area contributed by atoms with Crippen LogP contribution in [0.1, 0.15) is 23.2 Å². The van der Waals surface area contributed by atoms with Crippen molar-refractivity contribution in [2.24, 2.45) is 0 Å². The smallest absolute Gasteiger partial charge is 0.257 e. The van der Waals surface area contributed by atoms with Crippen LogP contribution in [-0.4, -0.2) is 34.1 Å². The number of hydrogen-bond acceptors (Lipinski definition) is 2. The van der Waals surface area contributed by atoms with E-state index in [2.05, 4.69) is 10.2 Å². The molecule has 1 fully saturated rings. The van der Waals surface area contributed by atoms with Crippen molar-refractivity contribution in [1.82, 2.24) is 15.1 Å². The number of benzene rings is 1. The predicted octanol–water partition coefficient (Wildman–Crippen LogP) is 2.45. The highest BCUT2D eigenvalue weighted by molar-refractivity contribution is 5.99. The molecule has 0 bridgehead atoms. The number of rotatable bonds is 2. The first-order chi connectivity index (χ1) is 9.27. The van der Waals surface area contributed by atoms with Gasteiger partial charge in [0.1, 0.15) is 5.82 Å². The van der Waals surface area contributed by atoms with Crippen molar-refractivity contribution in [3.63, 3.8) is 0 Å². The summed E-state index contributed by atoms with van der Waals surface area (Å²) in [7, 11) is 0. The summed E-state index contributed by atoms with van der Waals surface area (Å²) in [6.45, 7) is 1.53. The third-order valence-electron chi connectivity index (χ3n) is 3.41.